The van der Waals surface area contributed by atoms with Gasteiger partial charge < -0.3 is 15.4 Å². The molecule has 2 aliphatic heterocycles. The summed E-state index contributed by atoms with van der Waals surface area (Å²) in [7, 11) is 1.68. The number of nitrogens with zero attached hydrogens (tertiary/aromatic N) is 2. The lowest BCUT2D eigenvalue weighted by Gasteiger charge is -2.32. The van der Waals surface area contributed by atoms with Gasteiger partial charge in [-0.2, -0.15) is 0 Å². The highest BCUT2D eigenvalue weighted by Crippen LogP contribution is 2.34. The molecule has 110 valence electrons. The van der Waals surface area contributed by atoms with Gasteiger partial charge in [0.2, 0.25) is 0 Å². The molecule has 0 aliphatic carbocycles. The number of nitrogens with two attached hydrogens (primary N) is 1. The maximum Gasteiger partial charge on any atom is 0.143 e. The second-order valence-electron chi connectivity index (χ2n) is 5.88. The average Bonchev–Trinajstić information content (AvgIpc) is 2.98. The first-order valence-electron chi connectivity index (χ1n) is 7.71. The lowest BCUT2D eigenvalue weighted by molar-refractivity contribution is 0.175. The van der Waals surface area contributed by atoms with Crippen LogP contribution in [0.1, 0.15) is 25.7 Å². The Bertz CT molecular complexity index is 457. The van der Waals surface area contributed by atoms with E-state index in [9.17, 15) is 0 Å². The van der Waals surface area contributed by atoms with Gasteiger partial charge in [-0.25, -0.2) is 0 Å². The molecule has 0 saturated carbocycles. The third kappa shape index (κ3) is 2.57. The van der Waals surface area contributed by atoms with E-state index < -0.39 is 0 Å². The summed E-state index contributed by atoms with van der Waals surface area (Å²) < 4.78 is 5.33. The predicted octanol–water partition coefficient (Wildman–Crippen LogP) is 2.34. The molecule has 0 radical (unpaired) electrons. The monoisotopic (exact) mass is 275 g/mol. The number of para-hydroxylation sites is 1. The van der Waals surface area contributed by atoms with Crippen LogP contribution in [0.25, 0.3) is 0 Å². The van der Waals surface area contributed by atoms with Crippen LogP contribution in [0.5, 0.6) is 5.75 Å². The van der Waals surface area contributed by atoms with E-state index in [2.05, 4.69) is 15.9 Å². The number of piperidine rings is 1. The largest absolute Gasteiger partial charge is 0.495 e. The van der Waals surface area contributed by atoms with Crippen LogP contribution >= 0.6 is 0 Å². The lowest BCUT2D eigenvalue weighted by Crippen LogP contribution is -2.40. The van der Waals surface area contributed by atoms with Crippen LogP contribution in [-0.4, -0.2) is 44.2 Å². The molecular weight excluding hydrogens is 250 g/mol. The van der Waals surface area contributed by atoms with Gasteiger partial charge in [0.05, 0.1) is 18.5 Å². The molecule has 3 rings (SSSR count). The standard InChI is InChI=1S/C16H25N3O/c1-20-15-7-5-6-14(16(15)17)19-11-8-13(12-19)18-9-3-2-4-10-18/h5-7,13H,2-4,8-12,17H2,1H3. The van der Waals surface area contributed by atoms with Crippen LogP contribution < -0.4 is 15.4 Å². The van der Waals surface area contributed by atoms with Crippen molar-refractivity contribution in [1.82, 2.24) is 4.90 Å². The predicted molar refractivity (Wildman–Crippen MR) is 83.4 cm³/mol. The number of hydrogen-bond acceptors (Lipinski definition) is 4. The second-order valence-corrected chi connectivity index (χ2v) is 5.88. The molecule has 4 nitrogen and oxygen atoms in total. The van der Waals surface area contributed by atoms with Crippen LogP contribution in [0, 0.1) is 0 Å². The molecular formula is C16H25N3O. The van der Waals surface area contributed by atoms with Crippen LogP contribution in [0.3, 0.4) is 0 Å². The number of methoxy groups -OCH3 is 1. The fraction of sp³-hybridized carbons (Fsp3) is 0.625. The maximum atomic E-state index is 6.22. The minimum absolute atomic E-state index is 0.695. The van der Waals surface area contributed by atoms with E-state index in [4.69, 9.17) is 10.5 Å². The number of hydrogen-bond donors (Lipinski definition) is 1. The summed E-state index contributed by atoms with van der Waals surface area (Å²) in [5, 5.41) is 0. The molecule has 0 bridgehead atoms. The normalized spacial score (nSPS) is 24.1. The lowest BCUT2D eigenvalue weighted by atomic mass is 10.1. The van der Waals surface area contributed by atoms with Gasteiger partial charge in [0, 0.05) is 19.1 Å². The first kappa shape index (κ1) is 13.6. The van der Waals surface area contributed by atoms with Gasteiger partial charge in [-0.3, -0.25) is 4.90 Å². The molecule has 0 amide bonds. The zero-order valence-corrected chi connectivity index (χ0v) is 12.3. The minimum atomic E-state index is 0.695. The van der Waals surface area contributed by atoms with E-state index in [1.807, 2.05) is 12.1 Å². The first-order valence-corrected chi connectivity index (χ1v) is 7.71. The van der Waals surface area contributed by atoms with E-state index in [1.165, 1.54) is 38.8 Å². The summed E-state index contributed by atoms with van der Waals surface area (Å²) in [5.74, 6) is 0.781. The summed E-state index contributed by atoms with van der Waals surface area (Å²) in [4.78, 5) is 5.08. The topological polar surface area (TPSA) is 41.7 Å². The van der Waals surface area contributed by atoms with Crippen molar-refractivity contribution in [1.29, 1.82) is 0 Å². The van der Waals surface area contributed by atoms with Crippen molar-refractivity contribution in [2.75, 3.05) is 43.9 Å². The zero-order valence-electron chi connectivity index (χ0n) is 12.3. The van der Waals surface area contributed by atoms with Gasteiger partial charge >= 0.3 is 0 Å². The van der Waals surface area contributed by atoms with Gasteiger partial charge in [-0.05, 0) is 44.5 Å². The molecule has 0 spiro atoms. The molecule has 2 saturated heterocycles. The molecule has 0 aromatic heterocycles. The molecule has 1 atom stereocenters. The van der Waals surface area contributed by atoms with Crippen molar-refractivity contribution >= 4 is 11.4 Å². The third-order valence-corrected chi connectivity index (χ3v) is 4.67. The molecule has 1 unspecified atom stereocenters. The Morgan fingerprint density at radius 1 is 1.15 bits per heavy atom. The molecule has 1 aromatic carbocycles. The van der Waals surface area contributed by atoms with Crippen molar-refractivity contribution in [2.45, 2.75) is 31.7 Å². The SMILES string of the molecule is COc1cccc(N2CCC(N3CCCCC3)C2)c1N. The second kappa shape index (κ2) is 5.92. The molecule has 2 aliphatic rings. The Morgan fingerprint density at radius 3 is 2.70 bits per heavy atom. The van der Waals surface area contributed by atoms with Gasteiger partial charge in [0.25, 0.3) is 0 Å². The number of rotatable bonds is 3. The number of anilines is 2. The highest BCUT2D eigenvalue weighted by atomic mass is 16.5. The number of nitrogen functional groups attached to an aromatic ring is 1. The summed E-state index contributed by atoms with van der Waals surface area (Å²) in [6, 6.07) is 6.76. The highest BCUT2D eigenvalue weighted by molar-refractivity contribution is 5.74. The molecule has 1 aromatic rings. The van der Waals surface area contributed by atoms with Crippen molar-refractivity contribution < 1.29 is 4.74 Å². The van der Waals surface area contributed by atoms with Crippen molar-refractivity contribution in [3.8, 4) is 5.75 Å². The van der Waals surface area contributed by atoms with Crippen molar-refractivity contribution in [3.05, 3.63) is 18.2 Å². The highest BCUT2D eigenvalue weighted by Gasteiger charge is 2.29. The summed E-state index contributed by atoms with van der Waals surface area (Å²) in [5.41, 5.74) is 8.12. The minimum Gasteiger partial charge on any atom is -0.495 e. The first-order chi connectivity index (χ1) is 9.79. The maximum absolute atomic E-state index is 6.22. The number of ether oxygens (including phenoxy) is 1. The Labute approximate surface area is 121 Å². The van der Waals surface area contributed by atoms with E-state index in [0.717, 1.165) is 30.2 Å². The van der Waals surface area contributed by atoms with E-state index in [-0.39, 0.29) is 0 Å². The third-order valence-electron chi connectivity index (χ3n) is 4.67. The molecule has 4 heteroatoms. The number of benzene rings is 1. The van der Waals surface area contributed by atoms with Crippen molar-refractivity contribution in [3.63, 3.8) is 0 Å². The van der Waals surface area contributed by atoms with E-state index in [0.29, 0.717) is 6.04 Å². The average molecular weight is 275 g/mol. The smallest absolute Gasteiger partial charge is 0.143 e. The Balaban J connectivity index is 1.70. The summed E-state index contributed by atoms with van der Waals surface area (Å²) in [6.07, 6.45) is 5.36. The molecule has 2 N–H and O–H groups in total. The van der Waals surface area contributed by atoms with Crippen molar-refractivity contribution in [2.24, 2.45) is 0 Å². The molecule has 20 heavy (non-hydrogen) atoms. The summed E-state index contributed by atoms with van der Waals surface area (Å²) in [6.45, 7) is 4.73. The van der Waals surface area contributed by atoms with Crippen LogP contribution in [0.2, 0.25) is 0 Å². The van der Waals surface area contributed by atoms with Crippen LogP contribution in [0.4, 0.5) is 11.4 Å². The fourth-order valence-corrected chi connectivity index (χ4v) is 3.53. The fourth-order valence-electron chi connectivity index (χ4n) is 3.53. The van der Waals surface area contributed by atoms with Gasteiger partial charge in [-0.15, -0.1) is 0 Å². The van der Waals surface area contributed by atoms with Gasteiger partial charge in [0.15, 0.2) is 0 Å². The molecule has 2 fully saturated rings. The van der Waals surface area contributed by atoms with Gasteiger partial charge in [0.1, 0.15) is 5.75 Å². The number of likely N-dealkylation sites (tertiary alicyclic amines) is 1. The van der Waals surface area contributed by atoms with E-state index in [1.54, 1.807) is 7.11 Å². The summed E-state index contributed by atoms with van der Waals surface area (Å²) >= 11 is 0. The Kier molecular flexibility index (Phi) is 4.01. The van der Waals surface area contributed by atoms with Gasteiger partial charge in [-0.1, -0.05) is 12.5 Å². The molecule has 2 heterocycles. The Morgan fingerprint density at radius 2 is 1.95 bits per heavy atom. The zero-order chi connectivity index (χ0) is 13.9. The van der Waals surface area contributed by atoms with Crippen LogP contribution in [-0.2, 0) is 0 Å². The van der Waals surface area contributed by atoms with Crippen LogP contribution in [0.15, 0.2) is 18.2 Å². The Hall–Kier alpha value is -1.42. The quantitative estimate of drug-likeness (QED) is 0.860. The van der Waals surface area contributed by atoms with E-state index >= 15 is 0 Å².